The fourth-order valence-electron chi connectivity index (χ4n) is 1.07. The minimum atomic E-state index is -4.73. The monoisotopic (exact) mass is 303 g/mol. The molecule has 102 valence electrons. The molecule has 0 aromatic heterocycles. The molecular weight excluding hydrogens is 295 g/mol. The van der Waals surface area contributed by atoms with E-state index in [4.69, 9.17) is 11.6 Å². The Bertz CT molecular complexity index is 530. The second kappa shape index (κ2) is 5.43. The van der Waals surface area contributed by atoms with Crippen LogP contribution in [0.5, 0.6) is 0 Å². The van der Waals surface area contributed by atoms with Gasteiger partial charge in [0, 0.05) is 0 Å². The van der Waals surface area contributed by atoms with Crippen LogP contribution in [0.2, 0.25) is 5.02 Å². The highest BCUT2D eigenvalue weighted by Gasteiger charge is 2.34. The molecule has 9 heteroatoms. The highest BCUT2D eigenvalue weighted by atomic mass is 35.5. The van der Waals surface area contributed by atoms with Crippen molar-refractivity contribution in [2.45, 2.75) is 18.0 Å². The van der Waals surface area contributed by atoms with E-state index in [9.17, 15) is 21.6 Å². The maximum absolute atomic E-state index is 12.5. The molecule has 1 aromatic rings. The molecule has 0 unspecified atom stereocenters. The van der Waals surface area contributed by atoms with Gasteiger partial charge >= 0.3 is 6.18 Å². The van der Waals surface area contributed by atoms with Crippen LogP contribution in [0.25, 0.3) is 0 Å². The molecule has 0 saturated carbocycles. The van der Waals surface area contributed by atoms with Crippen LogP contribution in [-0.2, 0) is 21.0 Å². The van der Waals surface area contributed by atoms with Gasteiger partial charge in [0.15, 0.2) is 0 Å². The molecule has 1 N–H and O–H groups in total. The average Bonchev–Trinajstić information content (AvgIpc) is 2.25. The standard InChI is InChI=1S/C9H9ClF3NO3S/c1-2-17-14-18(15,16)6-3-4-8(10)7(5-6)9(11,12)13/h3-5,14H,2H2,1H3. The molecular formula is C9H9ClF3NO3S. The second-order valence-corrected chi connectivity index (χ2v) is 5.21. The first-order chi connectivity index (χ1) is 8.18. The van der Waals surface area contributed by atoms with Gasteiger partial charge < -0.3 is 0 Å². The van der Waals surface area contributed by atoms with Crippen LogP contribution >= 0.6 is 11.6 Å². The average molecular weight is 304 g/mol. The van der Waals surface area contributed by atoms with Crippen molar-refractivity contribution in [3.8, 4) is 0 Å². The SMILES string of the molecule is CCONS(=O)(=O)c1ccc(Cl)c(C(F)(F)F)c1. The van der Waals surface area contributed by atoms with E-state index in [0.29, 0.717) is 6.07 Å². The molecule has 18 heavy (non-hydrogen) atoms. The third-order valence-corrected chi connectivity index (χ3v) is 3.41. The molecule has 0 radical (unpaired) electrons. The number of sulfonamides is 1. The summed E-state index contributed by atoms with van der Waals surface area (Å²) >= 11 is 5.37. The maximum atomic E-state index is 12.5. The van der Waals surface area contributed by atoms with Crippen molar-refractivity contribution in [3.05, 3.63) is 28.8 Å². The highest BCUT2D eigenvalue weighted by Crippen LogP contribution is 2.35. The lowest BCUT2D eigenvalue weighted by Crippen LogP contribution is -2.24. The van der Waals surface area contributed by atoms with Crippen molar-refractivity contribution < 1.29 is 26.4 Å². The van der Waals surface area contributed by atoms with Crippen molar-refractivity contribution in [1.29, 1.82) is 0 Å². The molecule has 0 bridgehead atoms. The smallest absolute Gasteiger partial charge is 0.287 e. The first-order valence-electron chi connectivity index (χ1n) is 4.69. The fourth-order valence-corrected chi connectivity index (χ4v) is 2.19. The number of alkyl halides is 3. The van der Waals surface area contributed by atoms with E-state index in [2.05, 4.69) is 4.84 Å². The summed E-state index contributed by atoms with van der Waals surface area (Å²) in [6.07, 6.45) is -4.73. The van der Waals surface area contributed by atoms with Gasteiger partial charge in [-0.05, 0) is 25.1 Å². The van der Waals surface area contributed by atoms with Crippen LogP contribution in [0, 0.1) is 0 Å². The van der Waals surface area contributed by atoms with Gasteiger partial charge in [0.05, 0.1) is 22.1 Å². The molecule has 0 spiro atoms. The normalized spacial score (nSPS) is 12.7. The summed E-state index contributed by atoms with van der Waals surface area (Å²) < 4.78 is 60.7. The lowest BCUT2D eigenvalue weighted by Gasteiger charge is -2.11. The van der Waals surface area contributed by atoms with Crippen molar-refractivity contribution in [2.75, 3.05) is 6.61 Å². The Kier molecular flexibility index (Phi) is 4.60. The van der Waals surface area contributed by atoms with E-state index in [1.807, 2.05) is 0 Å². The Hall–Kier alpha value is -0.830. The summed E-state index contributed by atoms with van der Waals surface area (Å²) in [6, 6.07) is 2.27. The Morgan fingerprint density at radius 1 is 1.39 bits per heavy atom. The number of hydrogen-bond donors (Lipinski definition) is 1. The number of halogens is 4. The molecule has 4 nitrogen and oxygen atoms in total. The maximum Gasteiger partial charge on any atom is 0.417 e. The summed E-state index contributed by atoms with van der Waals surface area (Å²) in [6.45, 7) is 1.56. The Morgan fingerprint density at radius 2 is 2.00 bits per heavy atom. The van der Waals surface area contributed by atoms with Crippen molar-refractivity contribution in [1.82, 2.24) is 4.89 Å². The molecule has 0 aliphatic carbocycles. The van der Waals surface area contributed by atoms with E-state index in [-0.39, 0.29) is 6.61 Å². The van der Waals surface area contributed by atoms with Gasteiger partial charge in [-0.2, -0.15) is 13.2 Å². The molecule has 1 aromatic carbocycles. The van der Waals surface area contributed by atoms with Gasteiger partial charge in [-0.15, -0.1) is 0 Å². The van der Waals surface area contributed by atoms with Crippen LogP contribution in [0.3, 0.4) is 0 Å². The molecule has 0 aliphatic heterocycles. The van der Waals surface area contributed by atoms with Crippen molar-refractivity contribution >= 4 is 21.6 Å². The van der Waals surface area contributed by atoms with Crippen molar-refractivity contribution in [3.63, 3.8) is 0 Å². The van der Waals surface area contributed by atoms with Gasteiger partial charge in [-0.3, -0.25) is 4.84 Å². The third-order valence-electron chi connectivity index (χ3n) is 1.87. The topological polar surface area (TPSA) is 55.4 Å². The number of nitrogens with one attached hydrogen (secondary N) is 1. The molecule has 0 amide bonds. The van der Waals surface area contributed by atoms with E-state index in [1.165, 1.54) is 6.92 Å². The highest BCUT2D eigenvalue weighted by molar-refractivity contribution is 7.89. The molecule has 0 heterocycles. The van der Waals surface area contributed by atoms with E-state index < -0.39 is 31.7 Å². The van der Waals surface area contributed by atoms with Crippen LogP contribution in [0.15, 0.2) is 23.1 Å². The quantitative estimate of drug-likeness (QED) is 0.870. The molecule has 0 atom stereocenters. The van der Waals surface area contributed by atoms with E-state index >= 15 is 0 Å². The first kappa shape index (κ1) is 15.2. The van der Waals surface area contributed by atoms with Gasteiger partial charge in [0.25, 0.3) is 10.0 Å². The van der Waals surface area contributed by atoms with Crippen LogP contribution in [0.4, 0.5) is 13.2 Å². The predicted molar refractivity (Wildman–Crippen MR) is 58.4 cm³/mol. The zero-order valence-electron chi connectivity index (χ0n) is 9.08. The second-order valence-electron chi connectivity index (χ2n) is 3.16. The minimum Gasteiger partial charge on any atom is -0.287 e. The van der Waals surface area contributed by atoms with Gasteiger partial charge in [-0.1, -0.05) is 16.5 Å². The summed E-state index contributed by atoms with van der Waals surface area (Å²) in [7, 11) is -4.15. The summed E-state index contributed by atoms with van der Waals surface area (Å²) in [5.74, 6) is 0. The molecule has 0 saturated heterocycles. The Morgan fingerprint density at radius 3 is 2.50 bits per heavy atom. The summed E-state index contributed by atoms with van der Waals surface area (Å²) in [4.78, 5) is 5.56. The number of benzene rings is 1. The fraction of sp³-hybridized carbons (Fsp3) is 0.333. The molecule has 0 fully saturated rings. The van der Waals surface area contributed by atoms with Crippen LogP contribution in [-0.4, -0.2) is 15.0 Å². The largest absolute Gasteiger partial charge is 0.417 e. The Labute approximate surface area is 107 Å². The van der Waals surface area contributed by atoms with Gasteiger partial charge in [0.1, 0.15) is 0 Å². The Balaban J connectivity index is 3.21. The van der Waals surface area contributed by atoms with E-state index in [1.54, 1.807) is 4.89 Å². The third kappa shape index (κ3) is 3.58. The van der Waals surface area contributed by atoms with Gasteiger partial charge in [-0.25, -0.2) is 8.42 Å². The number of rotatable bonds is 4. The zero-order chi connectivity index (χ0) is 14.0. The lowest BCUT2D eigenvalue weighted by molar-refractivity contribution is -0.137. The molecule has 0 aliphatic rings. The molecule has 1 rings (SSSR count). The van der Waals surface area contributed by atoms with Crippen LogP contribution in [0.1, 0.15) is 12.5 Å². The predicted octanol–water partition coefficient (Wildman–Crippen LogP) is 2.59. The minimum absolute atomic E-state index is 0.0406. The number of hydrogen-bond acceptors (Lipinski definition) is 3. The zero-order valence-corrected chi connectivity index (χ0v) is 10.7. The summed E-state index contributed by atoms with van der Waals surface area (Å²) in [5, 5.41) is -0.571. The summed E-state index contributed by atoms with van der Waals surface area (Å²) in [5.41, 5.74) is -1.22. The van der Waals surface area contributed by atoms with Crippen LogP contribution < -0.4 is 4.89 Å². The van der Waals surface area contributed by atoms with Crippen molar-refractivity contribution in [2.24, 2.45) is 0 Å². The first-order valence-corrected chi connectivity index (χ1v) is 6.55. The van der Waals surface area contributed by atoms with E-state index in [0.717, 1.165) is 12.1 Å². The lowest BCUT2D eigenvalue weighted by atomic mass is 10.2. The van der Waals surface area contributed by atoms with Gasteiger partial charge in [0.2, 0.25) is 0 Å².